The van der Waals surface area contributed by atoms with Crippen LogP contribution in [0.5, 0.6) is 0 Å². The van der Waals surface area contributed by atoms with Gasteiger partial charge in [0.05, 0.1) is 5.41 Å². The van der Waals surface area contributed by atoms with Crippen molar-refractivity contribution in [2.75, 3.05) is 46.3 Å². The number of likely N-dealkylation sites (tertiary alicyclic amines) is 1. The molecule has 8 nitrogen and oxygen atoms in total. The van der Waals surface area contributed by atoms with Crippen molar-refractivity contribution in [3.05, 3.63) is 35.6 Å². The lowest BCUT2D eigenvalue weighted by Crippen LogP contribution is -2.59. The van der Waals surface area contributed by atoms with Crippen molar-refractivity contribution in [3.8, 4) is 0 Å². The molecule has 0 unspecified atom stereocenters. The Morgan fingerprint density at radius 3 is 2.20 bits per heavy atom. The molecule has 0 radical (unpaired) electrons. The molecule has 2 heterocycles. The van der Waals surface area contributed by atoms with E-state index in [1.807, 2.05) is 32.7 Å². The molecule has 1 aromatic carbocycles. The van der Waals surface area contributed by atoms with Crippen LogP contribution in [0.2, 0.25) is 0 Å². The Morgan fingerprint density at radius 1 is 0.902 bits per heavy atom. The van der Waals surface area contributed by atoms with Gasteiger partial charge in [-0.05, 0) is 90.1 Å². The number of carbonyl (C=O) groups excluding carboxylic acids is 3. The van der Waals surface area contributed by atoms with E-state index in [4.69, 9.17) is 0 Å². The van der Waals surface area contributed by atoms with Crippen LogP contribution < -0.4 is 10.6 Å². The summed E-state index contributed by atoms with van der Waals surface area (Å²) in [7, 11) is 2.05. The highest BCUT2D eigenvalue weighted by atomic mass is 19.1. The van der Waals surface area contributed by atoms with Gasteiger partial charge in [0.25, 0.3) is 0 Å². The molecule has 0 bridgehead atoms. The Hall–Kier alpha value is -2.68. The summed E-state index contributed by atoms with van der Waals surface area (Å²) in [4.78, 5) is 46.9. The molecular formula is C32H50FN5O3. The molecule has 2 N–H and O–H groups in total. The minimum atomic E-state index is -0.764. The van der Waals surface area contributed by atoms with Crippen molar-refractivity contribution in [2.45, 2.75) is 90.1 Å². The Kier molecular flexibility index (Phi) is 10.3. The van der Waals surface area contributed by atoms with Crippen LogP contribution >= 0.6 is 0 Å². The maximum atomic E-state index is 14.0. The maximum Gasteiger partial charge on any atom is 0.318 e. The van der Waals surface area contributed by atoms with Crippen molar-refractivity contribution < 1.29 is 18.8 Å². The minimum Gasteiger partial charge on any atom is -0.351 e. The van der Waals surface area contributed by atoms with Crippen molar-refractivity contribution in [3.63, 3.8) is 0 Å². The normalized spacial score (nSPS) is 21.6. The van der Waals surface area contributed by atoms with E-state index >= 15 is 0 Å². The van der Waals surface area contributed by atoms with Gasteiger partial charge in [0, 0.05) is 44.7 Å². The summed E-state index contributed by atoms with van der Waals surface area (Å²) in [6.07, 6.45) is 8.05. The lowest BCUT2D eigenvalue weighted by molar-refractivity contribution is -0.147. The molecule has 1 atom stereocenters. The summed E-state index contributed by atoms with van der Waals surface area (Å²) in [6.45, 7) is 9.99. The third-order valence-electron chi connectivity index (χ3n) is 9.25. The van der Waals surface area contributed by atoms with Gasteiger partial charge in [0.1, 0.15) is 11.9 Å². The van der Waals surface area contributed by atoms with E-state index in [-0.39, 0.29) is 35.6 Å². The lowest BCUT2D eigenvalue weighted by Gasteiger charge is -2.48. The topological polar surface area (TPSA) is 85.0 Å². The highest BCUT2D eigenvalue weighted by molar-refractivity contribution is 5.88. The number of rotatable bonds is 6. The zero-order valence-corrected chi connectivity index (χ0v) is 25.5. The Morgan fingerprint density at radius 2 is 1.56 bits per heavy atom. The monoisotopic (exact) mass is 571 g/mol. The fraction of sp³-hybridized carbons (Fsp3) is 0.719. The minimum absolute atomic E-state index is 0.117. The third kappa shape index (κ3) is 8.21. The van der Waals surface area contributed by atoms with Crippen molar-refractivity contribution in [1.82, 2.24) is 25.3 Å². The molecule has 9 heteroatoms. The number of carbonyl (C=O) groups is 3. The summed E-state index contributed by atoms with van der Waals surface area (Å²) in [5, 5.41) is 6.29. The van der Waals surface area contributed by atoms with Crippen molar-refractivity contribution >= 4 is 17.8 Å². The molecule has 2 saturated heterocycles. The van der Waals surface area contributed by atoms with Crippen LogP contribution in [0.1, 0.15) is 77.7 Å². The zero-order valence-electron chi connectivity index (χ0n) is 25.5. The summed E-state index contributed by atoms with van der Waals surface area (Å²) >= 11 is 0. The van der Waals surface area contributed by atoms with Crippen LogP contribution in [0.4, 0.5) is 9.18 Å². The van der Waals surface area contributed by atoms with Gasteiger partial charge < -0.3 is 25.3 Å². The number of nitrogens with one attached hydrogen (secondary N) is 2. The highest BCUT2D eigenvalue weighted by Crippen LogP contribution is 2.46. The first-order valence-corrected chi connectivity index (χ1v) is 15.6. The average Bonchev–Trinajstić information content (AvgIpc) is 3.17. The van der Waals surface area contributed by atoms with Gasteiger partial charge in [-0.25, -0.2) is 9.18 Å². The van der Waals surface area contributed by atoms with Crippen LogP contribution in [-0.4, -0.2) is 90.4 Å². The second-order valence-corrected chi connectivity index (χ2v) is 13.5. The highest BCUT2D eigenvalue weighted by Gasteiger charge is 2.49. The van der Waals surface area contributed by atoms with Gasteiger partial charge in [0.2, 0.25) is 11.8 Å². The number of amides is 4. The number of hydrogen-bond donors (Lipinski definition) is 2. The number of halogens is 1. The molecule has 1 aromatic rings. The first-order valence-electron chi connectivity index (χ1n) is 15.6. The molecule has 41 heavy (non-hydrogen) atoms. The predicted octanol–water partition coefficient (Wildman–Crippen LogP) is 4.19. The second kappa shape index (κ2) is 13.5. The summed E-state index contributed by atoms with van der Waals surface area (Å²) in [5.41, 5.74) is -0.00448. The van der Waals surface area contributed by atoms with Gasteiger partial charge in [-0.15, -0.1) is 0 Å². The number of benzene rings is 1. The summed E-state index contributed by atoms with van der Waals surface area (Å²) < 4.78 is 13.6. The predicted molar refractivity (Wildman–Crippen MR) is 159 cm³/mol. The Balaban J connectivity index is 1.49. The number of hydrogen-bond acceptors (Lipinski definition) is 4. The first-order chi connectivity index (χ1) is 19.5. The van der Waals surface area contributed by atoms with Gasteiger partial charge in [-0.2, -0.15) is 0 Å². The standard InChI is InChI=1S/C32H50FN5O3/c1-31(2,3)35-29(40)32(25-9-6-5-7-10-25)15-19-37(20-16-32)28(39)27(23-24-11-13-26(33)14-12-24)34-30(41)38-18-8-17-36(4)21-22-38/h11-14,25,27H,5-10,15-23H2,1-4H3,(H,34,41)(H,35,40)/t27-/m1/s1. The molecule has 1 aliphatic carbocycles. The van der Waals surface area contributed by atoms with E-state index in [0.29, 0.717) is 44.9 Å². The van der Waals surface area contributed by atoms with E-state index in [0.717, 1.165) is 50.8 Å². The quantitative estimate of drug-likeness (QED) is 0.537. The van der Waals surface area contributed by atoms with E-state index in [2.05, 4.69) is 15.5 Å². The summed E-state index contributed by atoms with van der Waals surface area (Å²) in [6, 6.07) is 5.11. The fourth-order valence-corrected chi connectivity index (χ4v) is 6.83. The fourth-order valence-electron chi connectivity index (χ4n) is 6.83. The van der Waals surface area contributed by atoms with Crippen molar-refractivity contribution in [2.24, 2.45) is 11.3 Å². The number of urea groups is 1. The van der Waals surface area contributed by atoms with Gasteiger partial charge >= 0.3 is 6.03 Å². The van der Waals surface area contributed by atoms with Gasteiger partial charge in [0.15, 0.2) is 0 Å². The smallest absolute Gasteiger partial charge is 0.318 e. The average molecular weight is 572 g/mol. The summed E-state index contributed by atoms with van der Waals surface area (Å²) in [5.74, 6) is -0.0286. The molecule has 0 spiro atoms. The number of likely N-dealkylation sites (N-methyl/N-ethyl adjacent to an activating group) is 1. The zero-order chi connectivity index (χ0) is 29.6. The molecule has 3 fully saturated rings. The van der Waals surface area contributed by atoms with E-state index in [9.17, 15) is 18.8 Å². The molecule has 0 aromatic heterocycles. The van der Waals surface area contributed by atoms with Crippen LogP contribution in [0.3, 0.4) is 0 Å². The van der Waals surface area contributed by atoms with Crippen molar-refractivity contribution in [1.29, 1.82) is 0 Å². The molecule has 3 aliphatic rings. The molecular weight excluding hydrogens is 521 g/mol. The third-order valence-corrected chi connectivity index (χ3v) is 9.25. The van der Waals surface area contributed by atoms with Crippen LogP contribution in [0.25, 0.3) is 0 Å². The molecule has 228 valence electrons. The first kappa shape index (κ1) is 31.3. The van der Waals surface area contributed by atoms with Gasteiger partial charge in [-0.3, -0.25) is 9.59 Å². The number of nitrogens with zero attached hydrogens (tertiary/aromatic N) is 3. The Labute approximate surface area is 245 Å². The largest absolute Gasteiger partial charge is 0.351 e. The molecule has 4 rings (SSSR count). The lowest BCUT2D eigenvalue weighted by atomic mass is 9.63. The van der Waals surface area contributed by atoms with Crippen LogP contribution in [-0.2, 0) is 16.0 Å². The van der Waals surface area contributed by atoms with E-state index < -0.39 is 11.5 Å². The molecule has 1 saturated carbocycles. The number of piperidine rings is 1. The Bertz CT molecular complexity index is 1040. The molecule has 2 aliphatic heterocycles. The van der Waals surface area contributed by atoms with E-state index in [1.54, 1.807) is 17.0 Å². The van der Waals surface area contributed by atoms with Gasteiger partial charge in [-0.1, -0.05) is 31.4 Å². The van der Waals surface area contributed by atoms with Crippen LogP contribution in [0, 0.1) is 17.2 Å². The maximum absolute atomic E-state index is 14.0. The second-order valence-electron chi connectivity index (χ2n) is 13.5. The SMILES string of the molecule is CN1CCCN(C(=O)N[C@H](Cc2ccc(F)cc2)C(=O)N2CCC(C(=O)NC(C)(C)C)(C3CCCCC3)CC2)CC1. The molecule has 4 amide bonds. The van der Waals surface area contributed by atoms with E-state index in [1.165, 1.54) is 18.6 Å². The van der Waals surface area contributed by atoms with Crippen LogP contribution in [0.15, 0.2) is 24.3 Å².